The van der Waals surface area contributed by atoms with E-state index in [4.69, 9.17) is 13.6 Å². The molecule has 2 aliphatic rings. The highest BCUT2D eigenvalue weighted by Gasteiger charge is 2.40. The zero-order chi connectivity index (χ0) is 32.7. The van der Waals surface area contributed by atoms with Gasteiger partial charge in [-0.2, -0.15) is 10.2 Å². The Morgan fingerprint density at radius 2 is 1.95 bits per heavy atom. The summed E-state index contributed by atoms with van der Waals surface area (Å²) >= 11 is 0. The molecule has 0 radical (unpaired) electrons. The number of fused-ring (bicyclic) bond motifs is 1. The number of carbonyl (C=O) groups excluding carboxylic acids is 2. The molecule has 42 heavy (non-hydrogen) atoms. The molecule has 2 fully saturated rings. The van der Waals surface area contributed by atoms with Crippen molar-refractivity contribution in [1.82, 2.24) is 39.6 Å². The number of likely N-dealkylation sites (tertiary alicyclic amines) is 1. The van der Waals surface area contributed by atoms with Gasteiger partial charge in [0.2, 0.25) is 5.92 Å². The summed E-state index contributed by atoms with van der Waals surface area (Å²) in [5, 5.41) is 11.5. The predicted molar refractivity (Wildman–Crippen MR) is 147 cm³/mol. The summed E-state index contributed by atoms with van der Waals surface area (Å²) in [6.45, 7) is 5.42. The Bertz CT molecular complexity index is 1530. The number of amides is 2. The molecule has 1 aliphatic heterocycles. The number of piperidine rings is 1. The minimum Gasteiger partial charge on any atom is -0.444 e. The molecule has 1 saturated heterocycles. The van der Waals surface area contributed by atoms with Gasteiger partial charge < -0.3 is 14.8 Å². The van der Waals surface area contributed by atoms with Gasteiger partial charge >= 0.3 is 6.09 Å². The highest BCUT2D eigenvalue weighted by atomic mass is 19.3. The molecular weight excluding hydrogens is 550 g/mol. The number of methoxy groups -OCH3 is 1. The van der Waals surface area contributed by atoms with Gasteiger partial charge in [0.1, 0.15) is 11.3 Å². The van der Waals surface area contributed by atoms with Crippen molar-refractivity contribution in [3.8, 4) is 0 Å². The van der Waals surface area contributed by atoms with E-state index < -0.39 is 48.7 Å². The highest BCUT2D eigenvalue weighted by molar-refractivity contribution is 5.92. The van der Waals surface area contributed by atoms with Crippen LogP contribution >= 0.6 is 0 Å². The molecule has 1 aliphatic carbocycles. The molecule has 0 aromatic carbocycles. The molecule has 3 aromatic heterocycles. The fourth-order valence-corrected chi connectivity index (χ4v) is 5.62. The molecular formula is C28H38F2N8O4. The lowest BCUT2D eigenvalue weighted by Gasteiger charge is -2.39. The van der Waals surface area contributed by atoms with Gasteiger partial charge in [0, 0.05) is 39.7 Å². The maximum atomic E-state index is 14.1. The van der Waals surface area contributed by atoms with Crippen LogP contribution in [-0.2, 0) is 16.5 Å². The van der Waals surface area contributed by atoms with Crippen molar-refractivity contribution in [3.63, 3.8) is 0 Å². The Kier molecular flexibility index (Phi) is 7.14. The van der Waals surface area contributed by atoms with E-state index in [2.05, 4.69) is 25.5 Å². The topological polar surface area (TPSA) is 129 Å². The first kappa shape index (κ1) is 26.0. The molecule has 14 heteroatoms. The Balaban J connectivity index is 1.46. The van der Waals surface area contributed by atoms with Gasteiger partial charge in [0.25, 0.3) is 11.7 Å². The van der Waals surface area contributed by atoms with Crippen LogP contribution in [0.25, 0.3) is 5.78 Å². The van der Waals surface area contributed by atoms with E-state index in [-0.39, 0.29) is 56.8 Å². The van der Waals surface area contributed by atoms with E-state index >= 15 is 0 Å². The van der Waals surface area contributed by atoms with Crippen molar-refractivity contribution in [3.05, 3.63) is 41.7 Å². The summed E-state index contributed by atoms with van der Waals surface area (Å²) in [4.78, 5) is 37.2. The van der Waals surface area contributed by atoms with E-state index in [0.29, 0.717) is 17.1 Å². The van der Waals surface area contributed by atoms with E-state index in [1.54, 1.807) is 40.1 Å². The molecule has 1 N–H and O–H groups in total. The monoisotopic (exact) mass is 591 g/mol. The molecule has 5 rings (SSSR count). The van der Waals surface area contributed by atoms with Crippen LogP contribution in [0.3, 0.4) is 0 Å². The third-order valence-electron chi connectivity index (χ3n) is 7.81. The molecule has 0 bridgehead atoms. The quantitative estimate of drug-likeness (QED) is 0.451. The number of imidazole rings is 1. The average molecular weight is 592 g/mol. The number of nitrogens with zero attached hydrogens (tertiary/aromatic N) is 7. The smallest absolute Gasteiger partial charge is 0.410 e. The first-order chi connectivity index (χ1) is 21.0. The average Bonchev–Trinajstić information content (AvgIpc) is 3.55. The number of ether oxygens (including phenoxy) is 2. The summed E-state index contributed by atoms with van der Waals surface area (Å²) in [5.41, 5.74) is 0.280. The third-order valence-corrected chi connectivity index (χ3v) is 7.81. The van der Waals surface area contributed by atoms with Crippen molar-refractivity contribution in [2.45, 2.75) is 89.0 Å². The van der Waals surface area contributed by atoms with Gasteiger partial charge in [0.15, 0.2) is 0 Å². The highest BCUT2D eigenvalue weighted by Crippen LogP contribution is 2.41. The second-order valence-electron chi connectivity index (χ2n) is 12.0. The summed E-state index contributed by atoms with van der Waals surface area (Å²) in [6.07, 6.45) is 3.47. The van der Waals surface area contributed by atoms with Crippen molar-refractivity contribution >= 4 is 17.8 Å². The fraction of sp³-hybridized carbons (Fsp3) is 0.643. The fourth-order valence-electron chi connectivity index (χ4n) is 5.62. The second-order valence-corrected chi connectivity index (χ2v) is 12.0. The Morgan fingerprint density at radius 3 is 2.62 bits per heavy atom. The number of alkyl halides is 2. The predicted octanol–water partition coefficient (Wildman–Crippen LogP) is 4.24. The standard InChI is InChI=1S/C28H38F2N8O4/c1-27(2,3)42-26(40)37-13-9-18(41-5)14-22(37)19-15-32-38-16-20(34-25(38)33-19)23(17-6-10-28(29,30)11-7-17)35-24(39)21-8-12-31-36(21)4/h8,12,15-18,22-23H,6-7,9-11,13-14H2,1-5H3,(H,35,39)/t18?,22?,23-/m0/s1/i5D3. The first-order valence-corrected chi connectivity index (χ1v) is 14.0. The van der Waals surface area contributed by atoms with Crippen LogP contribution in [0.4, 0.5) is 13.6 Å². The lowest BCUT2D eigenvalue weighted by atomic mass is 9.81. The lowest BCUT2D eigenvalue weighted by molar-refractivity contribution is -0.0495. The SMILES string of the molecule is [2H]C([2H])([2H])OC1CCN(C(=O)OC(C)(C)C)C(c2cnn3cc([C@@H](NC(=O)c4ccnn4C)C4CCC(F)(F)CC4)nc3n2)C1. The van der Waals surface area contributed by atoms with Crippen LogP contribution in [-0.4, -0.2) is 77.5 Å². The van der Waals surface area contributed by atoms with E-state index in [0.717, 1.165) is 0 Å². The number of aromatic nitrogens is 6. The van der Waals surface area contributed by atoms with Crippen molar-refractivity contribution in [2.24, 2.45) is 13.0 Å². The van der Waals surface area contributed by atoms with Crippen LogP contribution in [0.2, 0.25) is 0 Å². The normalized spacial score (nSPS) is 23.6. The number of carbonyl (C=O) groups is 2. The number of nitrogens with one attached hydrogen (secondary N) is 1. The Hall–Kier alpha value is -3.68. The van der Waals surface area contributed by atoms with Gasteiger partial charge in [-0.3, -0.25) is 14.4 Å². The lowest BCUT2D eigenvalue weighted by Crippen LogP contribution is -2.45. The van der Waals surface area contributed by atoms with Gasteiger partial charge in [-0.1, -0.05) is 0 Å². The molecule has 0 spiro atoms. The van der Waals surface area contributed by atoms with Gasteiger partial charge in [0.05, 0.1) is 46.1 Å². The van der Waals surface area contributed by atoms with E-state index in [1.165, 1.54) is 26.5 Å². The maximum absolute atomic E-state index is 14.1. The van der Waals surface area contributed by atoms with Crippen molar-refractivity contribution in [1.29, 1.82) is 0 Å². The molecule has 12 nitrogen and oxygen atoms in total. The number of hydrogen-bond acceptors (Lipinski definition) is 8. The molecule has 228 valence electrons. The number of halogens is 2. The van der Waals surface area contributed by atoms with Crippen LogP contribution in [0.5, 0.6) is 0 Å². The number of hydrogen-bond donors (Lipinski definition) is 1. The van der Waals surface area contributed by atoms with Crippen molar-refractivity contribution in [2.75, 3.05) is 13.6 Å². The summed E-state index contributed by atoms with van der Waals surface area (Å²) in [6, 6.07) is 0.129. The Labute approximate surface area is 247 Å². The summed E-state index contributed by atoms with van der Waals surface area (Å²) in [5.74, 6) is -3.34. The minimum absolute atomic E-state index is 0.135. The molecule has 2 unspecified atom stereocenters. The minimum atomic E-state index is -2.76. The van der Waals surface area contributed by atoms with E-state index in [9.17, 15) is 18.4 Å². The molecule has 3 aromatic rings. The molecule has 2 amide bonds. The number of rotatable bonds is 6. The maximum Gasteiger partial charge on any atom is 0.410 e. The van der Waals surface area contributed by atoms with Crippen LogP contribution in [0.15, 0.2) is 24.7 Å². The molecule has 4 heterocycles. The van der Waals surface area contributed by atoms with Gasteiger partial charge in [-0.25, -0.2) is 28.1 Å². The summed E-state index contributed by atoms with van der Waals surface area (Å²) < 4.78 is 64.5. The van der Waals surface area contributed by atoms with Crippen LogP contribution < -0.4 is 5.32 Å². The van der Waals surface area contributed by atoms with Gasteiger partial charge in [-0.05, 0) is 58.4 Å². The van der Waals surface area contributed by atoms with Crippen LogP contribution in [0.1, 0.15) is 97.4 Å². The number of aryl methyl sites for hydroxylation is 1. The molecule has 3 atom stereocenters. The zero-order valence-electron chi connectivity index (χ0n) is 27.1. The largest absolute Gasteiger partial charge is 0.444 e. The third kappa shape index (κ3) is 6.53. The van der Waals surface area contributed by atoms with E-state index in [1.807, 2.05) is 0 Å². The second kappa shape index (κ2) is 11.5. The van der Waals surface area contributed by atoms with Crippen LogP contribution in [0, 0.1) is 5.92 Å². The van der Waals surface area contributed by atoms with Crippen molar-refractivity contribution < 1.29 is 32.0 Å². The first-order valence-electron chi connectivity index (χ1n) is 15.5. The zero-order valence-corrected chi connectivity index (χ0v) is 24.1. The Morgan fingerprint density at radius 1 is 1.19 bits per heavy atom. The molecule has 1 saturated carbocycles. The summed E-state index contributed by atoms with van der Waals surface area (Å²) in [7, 11) is -0.986. The van der Waals surface area contributed by atoms with Gasteiger partial charge in [-0.15, -0.1) is 0 Å².